The molecular formula is C13H18BrClO2S. The van der Waals surface area contributed by atoms with Crippen LogP contribution >= 0.6 is 27.5 Å². The topological polar surface area (TPSA) is 34.1 Å². The van der Waals surface area contributed by atoms with Crippen LogP contribution in [0.5, 0.6) is 0 Å². The highest BCUT2D eigenvalue weighted by Crippen LogP contribution is 2.25. The van der Waals surface area contributed by atoms with E-state index >= 15 is 0 Å². The monoisotopic (exact) mass is 352 g/mol. The molecule has 0 amide bonds. The summed E-state index contributed by atoms with van der Waals surface area (Å²) in [5, 5.41) is 1.43. The number of benzene rings is 1. The summed E-state index contributed by atoms with van der Waals surface area (Å²) in [6.07, 6.45) is 1.31. The number of rotatable bonds is 7. The highest BCUT2D eigenvalue weighted by Gasteiger charge is 2.16. The van der Waals surface area contributed by atoms with E-state index < -0.39 is 9.84 Å². The Morgan fingerprint density at radius 3 is 2.61 bits per heavy atom. The predicted octanol–water partition coefficient (Wildman–Crippen LogP) is 4.03. The molecule has 0 aromatic heterocycles. The summed E-state index contributed by atoms with van der Waals surface area (Å²) >= 11 is 9.40. The Morgan fingerprint density at radius 1 is 1.33 bits per heavy atom. The van der Waals surface area contributed by atoms with E-state index in [9.17, 15) is 8.42 Å². The van der Waals surface area contributed by atoms with E-state index in [-0.39, 0.29) is 17.4 Å². The van der Waals surface area contributed by atoms with Crippen molar-refractivity contribution < 1.29 is 8.42 Å². The summed E-state index contributed by atoms with van der Waals surface area (Å²) in [5.74, 6) is 0.705. The normalized spacial score (nSPS) is 13.5. The maximum atomic E-state index is 11.7. The summed E-state index contributed by atoms with van der Waals surface area (Å²) in [6, 6.07) is 7.61. The number of halogens is 2. The van der Waals surface area contributed by atoms with Gasteiger partial charge in [0.2, 0.25) is 0 Å². The van der Waals surface area contributed by atoms with Gasteiger partial charge in [0.15, 0.2) is 0 Å². The second kappa shape index (κ2) is 7.51. The fourth-order valence-corrected chi connectivity index (χ4v) is 4.19. The number of alkyl halides is 1. The first kappa shape index (κ1) is 16.0. The summed E-state index contributed by atoms with van der Waals surface area (Å²) in [5.41, 5.74) is 1.09. The molecule has 0 saturated heterocycles. The van der Waals surface area contributed by atoms with E-state index in [0.717, 1.165) is 10.9 Å². The molecule has 0 heterocycles. The molecule has 0 aliphatic carbocycles. The lowest BCUT2D eigenvalue weighted by atomic mass is 9.99. The van der Waals surface area contributed by atoms with Gasteiger partial charge < -0.3 is 0 Å². The zero-order chi connectivity index (χ0) is 13.6. The summed E-state index contributed by atoms with van der Waals surface area (Å²) in [7, 11) is -2.91. The lowest BCUT2D eigenvalue weighted by Gasteiger charge is -2.14. The molecule has 5 heteroatoms. The Morgan fingerprint density at radius 2 is 2.06 bits per heavy atom. The van der Waals surface area contributed by atoms with Crippen molar-refractivity contribution in [1.82, 2.24) is 0 Å². The van der Waals surface area contributed by atoms with E-state index in [1.165, 1.54) is 0 Å². The fourth-order valence-electron chi connectivity index (χ4n) is 1.83. The Hall–Kier alpha value is -0.0600. The Balaban J connectivity index is 2.69. The highest BCUT2D eigenvalue weighted by molar-refractivity contribution is 9.09. The summed E-state index contributed by atoms with van der Waals surface area (Å²) in [6.45, 7) is 1.89. The first-order valence-corrected chi connectivity index (χ1v) is 9.32. The molecule has 0 N–H and O–H groups in total. The predicted molar refractivity (Wildman–Crippen MR) is 81.5 cm³/mol. The van der Waals surface area contributed by atoms with Gasteiger partial charge in [-0.1, -0.05) is 46.6 Å². The van der Waals surface area contributed by atoms with Crippen molar-refractivity contribution >= 4 is 37.4 Å². The molecule has 18 heavy (non-hydrogen) atoms. The van der Waals surface area contributed by atoms with Crippen molar-refractivity contribution in [2.24, 2.45) is 0 Å². The van der Waals surface area contributed by atoms with Gasteiger partial charge >= 0.3 is 0 Å². The van der Waals surface area contributed by atoms with Gasteiger partial charge in [-0.15, -0.1) is 0 Å². The molecular weight excluding hydrogens is 336 g/mol. The molecule has 0 aliphatic heterocycles. The van der Waals surface area contributed by atoms with E-state index in [4.69, 9.17) is 11.6 Å². The average Bonchev–Trinajstić information content (AvgIpc) is 2.29. The second-order valence-corrected chi connectivity index (χ2v) is 7.73. The van der Waals surface area contributed by atoms with Crippen molar-refractivity contribution in [3.63, 3.8) is 0 Å². The molecule has 1 aromatic carbocycles. The Bertz CT molecular complexity index is 474. The third-order valence-electron chi connectivity index (χ3n) is 2.80. The molecule has 0 aliphatic rings. The number of hydrogen-bond donors (Lipinski definition) is 0. The van der Waals surface area contributed by atoms with Gasteiger partial charge in [-0.2, -0.15) is 0 Å². The second-order valence-electron chi connectivity index (χ2n) is 4.35. The van der Waals surface area contributed by atoms with Gasteiger partial charge in [0, 0.05) is 16.1 Å². The van der Waals surface area contributed by atoms with Gasteiger partial charge in [0.25, 0.3) is 0 Å². The minimum atomic E-state index is -2.91. The standard InChI is InChI=1S/C13H18BrClO2S/c1-2-7-18(16,17)8-6-12(10-14)11-4-3-5-13(15)9-11/h3-5,9,12H,2,6-8,10H2,1H3. The molecule has 102 valence electrons. The van der Waals surface area contributed by atoms with Crippen molar-refractivity contribution in [3.8, 4) is 0 Å². The van der Waals surface area contributed by atoms with Crippen LogP contribution in [0.1, 0.15) is 31.2 Å². The molecule has 0 saturated carbocycles. The van der Waals surface area contributed by atoms with Crippen LogP contribution in [-0.2, 0) is 9.84 Å². The van der Waals surface area contributed by atoms with Gasteiger partial charge in [0.1, 0.15) is 9.84 Å². The smallest absolute Gasteiger partial charge is 0.150 e. The SMILES string of the molecule is CCCS(=O)(=O)CCC(CBr)c1cccc(Cl)c1. The maximum Gasteiger partial charge on any atom is 0.150 e. The maximum absolute atomic E-state index is 11.7. The lowest BCUT2D eigenvalue weighted by Crippen LogP contribution is -2.14. The molecule has 1 atom stereocenters. The van der Waals surface area contributed by atoms with Crippen LogP contribution < -0.4 is 0 Å². The molecule has 0 fully saturated rings. The van der Waals surface area contributed by atoms with Crippen LogP contribution in [-0.4, -0.2) is 25.3 Å². The summed E-state index contributed by atoms with van der Waals surface area (Å²) in [4.78, 5) is 0. The van der Waals surface area contributed by atoms with Gasteiger partial charge in [-0.25, -0.2) is 8.42 Å². The van der Waals surface area contributed by atoms with Crippen LogP contribution in [0, 0.1) is 0 Å². The van der Waals surface area contributed by atoms with E-state index in [1.54, 1.807) is 0 Å². The highest BCUT2D eigenvalue weighted by atomic mass is 79.9. The zero-order valence-electron chi connectivity index (χ0n) is 10.4. The average molecular weight is 354 g/mol. The minimum absolute atomic E-state index is 0.190. The van der Waals surface area contributed by atoms with E-state index in [2.05, 4.69) is 15.9 Å². The molecule has 0 bridgehead atoms. The zero-order valence-corrected chi connectivity index (χ0v) is 13.6. The van der Waals surface area contributed by atoms with E-state index in [0.29, 0.717) is 17.9 Å². The largest absolute Gasteiger partial charge is 0.229 e. The van der Waals surface area contributed by atoms with E-state index in [1.807, 2.05) is 31.2 Å². The first-order chi connectivity index (χ1) is 8.48. The van der Waals surface area contributed by atoms with Crippen LogP contribution in [0.2, 0.25) is 5.02 Å². The number of hydrogen-bond acceptors (Lipinski definition) is 2. The molecule has 1 unspecified atom stereocenters. The quantitative estimate of drug-likeness (QED) is 0.693. The van der Waals surface area contributed by atoms with Crippen LogP contribution in [0.15, 0.2) is 24.3 Å². The van der Waals surface area contributed by atoms with Crippen molar-refractivity contribution in [1.29, 1.82) is 0 Å². The number of sulfone groups is 1. The molecule has 1 rings (SSSR count). The fraction of sp³-hybridized carbons (Fsp3) is 0.538. The van der Waals surface area contributed by atoms with Crippen molar-refractivity contribution in [2.45, 2.75) is 25.7 Å². The third-order valence-corrected chi connectivity index (χ3v) is 5.70. The summed E-state index contributed by atoms with van der Waals surface area (Å²) < 4.78 is 23.4. The third kappa shape index (κ3) is 5.29. The first-order valence-electron chi connectivity index (χ1n) is 6.00. The minimum Gasteiger partial charge on any atom is -0.229 e. The van der Waals surface area contributed by atoms with Gasteiger partial charge in [-0.3, -0.25) is 0 Å². The van der Waals surface area contributed by atoms with Gasteiger partial charge in [0.05, 0.1) is 5.75 Å². The lowest BCUT2D eigenvalue weighted by molar-refractivity contribution is 0.588. The Kier molecular flexibility index (Phi) is 6.67. The molecule has 0 spiro atoms. The van der Waals surface area contributed by atoms with Crippen molar-refractivity contribution in [2.75, 3.05) is 16.8 Å². The van der Waals surface area contributed by atoms with Crippen LogP contribution in [0.25, 0.3) is 0 Å². The Labute approximate surface area is 123 Å². The van der Waals surface area contributed by atoms with Gasteiger partial charge in [-0.05, 0) is 36.5 Å². The molecule has 0 radical (unpaired) electrons. The van der Waals surface area contributed by atoms with Crippen LogP contribution in [0.4, 0.5) is 0 Å². The molecule has 2 nitrogen and oxygen atoms in total. The van der Waals surface area contributed by atoms with Crippen LogP contribution in [0.3, 0.4) is 0 Å². The van der Waals surface area contributed by atoms with Crippen molar-refractivity contribution in [3.05, 3.63) is 34.9 Å². The molecule has 1 aromatic rings.